The summed E-state index contributed by atoms with van der Waals surface area (Å²) in [6.07, 6.45) is 3.94. The lowest BCUT2D eigenvalue weighted by Crippen LogP contribution is -2.39. The van der Waals surface area contributed by atoms with Crippen molar-refractivity contribution in [2.24, 2.45) is 5.92 Å². The first-order chi connectivity index (χ1) is 15.5. The fraction of sp³-hybridized carbons (Fsp3) is 0.346. The van der Waals surface area contributed by atoms with Gasteiger partial charge in [-0.2, -0.15) is 5.10 Å². The molecule has 164 valence electrons. The van der Waals surface area contributed by atoms with E-state index in [0.717, 1.165) is 18.4 Å². The average molecular weight is 429 g/mol. The number of para-hydroxylation sites is 1. The lowest BCUT2D eigenvalue weighted by atomic mass is 9.89. The first-order valence-electron chi connectivity index (χ1n) is 11.4. The van der Waals surface area contributed by atoms with Crippen LogP contribution in [0, 0.1) is 5.92 Å². The van der Waals surface area contributed by atoms with Gasteiger partial charge in [0.1, 0.15) is 0 Å². The van der Waals surface area contributed by atoms with E-state index in [4.69, 9.17) is 0 Å². The maximum absolute atomic E-state index is 13.5. The number of H-pyrrole nitrogens is 1. The molecule has 2 aromatic heterocycles. The molecule has 0 atom stereocenters. The van der Waals surface area contributed by atoms with Crippen molar-refractivity contribution in [3.63, 3.8) is 0 Å². The standard InChI is InChI=1S/C26H28N4O2/c1-17(2)16-30-25(31)21-9-4-3-8-20(21)24(28-30)26(32)29-13-11-18(12-14-29)22-15-27-23-10-6-5-7-19(22)23/h3-10,15,17-18,27H,11-14,16H2,1-2H3. The van der Waals surface area contributed by atoms with Gasteiger partial charge in [0.15, 0.2) is 5.69 Å². The van der Waals surface area contributed by atoms with Crippen LogP contribution in [0.15, 0.2) is 59.5 Å². The van der Waals surface area contributed by atoms with E-state index in [-0.39, 0.29) is 17.4 Å². The van der Waals surface area contributed by atoms with Gasteiger partial charge in [-0.05, 0) is 42.4 Å². The second kappa shape index (κ2) is 8.26. The molecule has 1 amide bonds. The van der Waals surface area contributed by atoms with Gasteiger partial charge >= 0.3 is 0 Å². The Morgan fingerprint density at radius 2 is 1.69 bits per heavy atom. The van der Waals surface area contributed by atoms with Crippen molar-refractivity contribution in [3.05, 3.63) is 76.3 Å². The third-order valence-electron chi connectivity index (χ3n) is 6.45. The molecular weight excluding hydrogens is 400 g/mol. The number of carbonyl (C=O) groups excluding carboxylic acids is 1. The summed E-state index contributed by atoms with van der Waals surface area (Å²) < 4.78 is 1.46. The molecule has 2 aromatic carbocycles. The molecule has 1 N–H and O–H groups in total. The summed E-state index contributed by atoms with van der Waals surface area (Å²) in [7, 11) is 0. The number of piperidine rings is 1. The van der Waals surface area contributed by atoms with Crippen molar-refractivity contribution >= 4 is 27.6 Å². The average Bonchev–Trinajstić information content (AvgIpc) is 3.24. The molecule has 1 fully saturated rings. The minimum absolute atomic E-state index is 0.0870. The van der Waals surface area contributed by atoms with Crippen LogP contribution in [0.2, 0.25) is 0 Å². The summed E-state index contributed by atoms with van der Waals surface area (Å²) in [4.78, 5) is 31.6. The highest BCUT2D eigenvalue weighted by atomic mass is 16.2. The van der Waals surface area contributed by atoms with Gasteiger partial charge in [-0.25, -0.2) is 4.68 Å². The number of amides is 1. The van der Waals surface area contributed by atoms with Crippen LogP contribution >= 0.6 is 0 Å². The predicted molar refractivity (Wildman–Crippen MR) is 127 cm³/mol. The Morgan fingerprint density at radius 1 is 1.03 bits per heavy atom. The van der Waals surface area contributed by atoms with Gasteiger partial charge < -0.3 is 9.88 Å². The van der Waals surface area contributed by atoms with E-state index in [1.807, 2.05) is 43.0 Å². The topological polar surface area (TPSA) is 71.0 Å². The lowest BCUT2D eigenvalue weighted by Gasteiger charge is -2.32. The molecule has 3 heterocycles. The van der Waals surface area contributed by atoms with Crippen LogP contribution in [0.3, 0.4) is 0 Å². The van der Waals surface area contributed by atoms with Crippen molar-refractivity contribution in [1.29, 1.82) is 0 Å². The second-order valence-electron chi connectivity index (χ2n) is 9.13. The summed E-state index contributed by atoms with van der Waals surface area (Å²) in [5.74, 6) is 0.599. The van der Waals surface area contributed by atoms with Gasteiger partial charge in [-0.1, -0.05) is 50.2 Å². The molecule has 32 heavy (non-hydrogen) atoms. The summed E-state index contributed by atoms with van der Waals surface area (Å²) in [6, 6.07) is 15.7. The molecule has 0 bridgehead atoms. The van der Waals surface area contributed by atoms with Crippen molar-refractivity contribution in [3.8, 4) is 0 Å². The highest BCUT2D eigenvalue weighted by molar-refractivity contribution is 6.04. The molecule has 6 heteroatoms. The number of rotatable bonds is 4. The Balaban J connectivity index is 1.42. The van der Waals surface area contributed by atoms with E-state index in [0.29, 0.717) is 42.0 Å². The maximum Gasteiger partial charge on any atom is 0.274 e. The van der Waals surface area contributed by atoms with Crippen molar-refractivity contribution in [2.75, 3.05) is 13.1 Å². The van der Waals surface area contributed by atoms with Crippen molar-refractivity contribution < 1.29 is 4.79 Å². The van der Waals surface area contributed by atoms with Crippen molar-refractivity contribution in [1.82, 2.24) is 19.7 Å². The summed E-state index contributed by atoms with van der Waals surface area (Å²) >= 11 is 0. The molecule has 1 saturated heterocycles. The number of nitrogens with one attached hydrogen (secondary N) is 1. The Labute approximate surface area is 186 Å². The highest BCUT2D eigenvalue weighted by Gasteiger charge is 2.28. The fourth-order valence-electron chi connectivity index (χ4n) is 4.84. The van der Waals surface area contributed by atoms with E-state index in [1.54, 1.807) is 6.07 Å². The zero-order valence-electron chi connectivity index (χ0n) is 18.5. The molecule has 0 radical (unpaired) electrons. The molecule has 1 aliphatic rings. The Bertz CT molecular complexity index is 1340. The Kier molecular flexibility index (Phi) is 5.29. The molecule has 0 aliphatic carbocycles. The van der Waals surface area contributed by atoms with E-state index < -0.39 is 0 Å². The monoisotopic (exact) mass is 428 g/mol. The minimum atomic E-state index is -0.135. The lowest BCUT2D eigenvalue weighted by molar-refractivity contribution is 0.0706. The molecule has 0 spiro atoms. The maximum atomic E-state index is 13.5. The first-order valence-corrected chi connectivity index (χ1v) is 11.4. The molecule has 0 unspecified atom stereocenters. The van der Waals surface area contributed by atoms with Crippen molar-refractivity contribution in [2.45, 2.75) is 39.2 Å². The van der Waals surface area contributed by atoms with Gasteiger partial charge in [0.2, 0.25) is 0 Å². The molecule has 4 aromatic rings. The zero-order valence-corrected chi connectivity index (χ0v) is 18.5. The van der Waals surface area contributed by atoms with E-state index >= 15 is 0 Å². The Hall–Kier alpha value is -3.41. The van der Waals surface area contributed by atoms with Gasteiger partial charge in [-0.15, -0.1) is 0 Å². The first kappa shape index (κ1) is 20.5. The number of hydrogen-bond donors (Lipinski definition) is 1. The van der Waals surface area contributed by atoms with E-state index in [9.17, 15) is 9.59 Å². The van der Waals surface area contributed by atoms with Gasteiger partial charge in [-0.3, -0.25) is 9.59 Å². The summed E-state index contributed by atoms with van der Waals surface area (Å²) in [5, 5.41) is 7.00. The van der Waals surface area contributed by atoms with Gasteiger partial charge in [0.25, 0.3) is 11.5 Å². The van der Waals surface area contributed by atoms with E-state index in [2.05, 4.69) is 34.5 Å². The number of fused-ring (bicyclic) bond motifs is 2. The summed E-state index contributed by atoms with van der Waals surface area (Å²) in [5.41, 5.74) is 2.74. The largest absolute Gasteiger partial charge is 0.361 e. The third kappa shape index (κ3) is 3.60. The molecule has 0 saturated carbocycles. The van der Waals surface area contributed by atoms with Crippen LogP contribution < -0.4 is 5.56 Å². The normalized spacial score (nSPS) is 15.2. The highest BCUT2D eigenvalue weighted by Crippen LogP contribution is 2.33. The molecule has 6 nitrogen and oxygen atoms in total. The number of likely N-dealkylation sites (tertiary alicyclic amines) is 1. The quantitative estimate of drug-likeness (QED) is 0.518. The molecular formula is C26H28N4O2. The zero-order chi connectivity index (χ0) is 22.2. The number of benzene rings is 2. The van der Waals surface area contributed by atoms with Gasteiger partial charge in [0.05, 0.1) is 5.39 Å². The van der Waals surface area contributed by atoms with Gasteiger partial charge in [0, 0.05) is 42.1 Å². The predicted octanol–water partition coefficient (Wildman–Crippen LogP) is 4.55. The third-order valence-corrected chi connectivity index (χ3v) is 6.45. The second-order valence-corrected chi connectivity index (χ2v) is 9.13. The number of hydrogen-bond acceptors (Lipinski definition) is 3. The molecule has 5 rings (SSSR count). The van der Waals surface area contributed by atoms with Crippen LogP contribution in [-0.4, -0.2) is 38.7 Å². The van der Waals surface area contributed by atoms with Crippen LogP contribution in [0.25, 0.3) is 21.7 Å². The number of nitrogens with zero attached hydrogens (tertiary/aromatic N) is 3. The van der Waals surface area contributed by atoms with Crippen LogP contribution in [0.1, 0.15) is 48.7 Å². The van der Waals surface area contributed by atoms with Crippen LogP contribution in [-0.2, 0) is 6.54 Å². The summed E-state index contributed by atoms with van der Waals surface area (Å²) in [6.45, 7) is 5.94. The van der Waals surface area contributed by atoms with E-state index in [1.165, 1.54) is 15.6 Å². The fourth-order valence-corrected chi connectivity index (χ4v) is 4.84. The SMILES string of the molecule is CC(C)Cn1nc(C(=O)N2CCC(c3c[nH]c4ccccc34)CC2)c2ccccc2c1=O. The number of carbonyl (C=O) groups is 1. The van der Waals surface area contributed by atoms with Crippen LogP contribution in [0.4, 0.5) is 0 Å². The smallest absolute Gasteiger partial charge is 0.274 e. The van der Waals surface area contributed by atoms with Crippen LogP contribution in [0.5, 0.6) is 0 Å². The minimum Gasteiger partial charge on any atom is -0.361 e. The molecule has 1 aliphatic heterocycles. The number of aromatic amines is 1. The Morgan fingerprint density at radius 3 is 2.41 bits per heavy atom. The number of aromatic nitrogens is 3.